The minimum atomic E-state index is -0.0355. The molecule has 1 saturated heterocycles. The highest BCUT2D eigenvalue weighted by Gasteiger charge is 2.24. The van der Waals surface area contributed by atoms with E-state index in [-0.39, 0.29) is 11.8 Å². The van der Waals surface area contributed by atoms with Gasteiger partial charge in [-0.1, -0.05) is 23.4 Å². The van der Waals surface area contributed by atoms with Crippen molar-refractivity contribution in [3.8, 4) is 0 Å². The molecule has 0 spiro atoms. The Hall–Kier alpha value is -2.67. The van der Waals surface area contributed by atoms with E-state index in [4.69, 9.17) is 4.52 Å². The van der Waals surface area contributed by atoms with Crippen molar-refractivity contribution in [1.82, 2.24) is 15.0 Å². The highest BCUT2D eigenvalue weighted by atomic mass is 16.5. The van der Waals surface area contributed by atoms with Crippen LogP contribution in [0.5, 0.6) is 0 Å². The molecule has 1 N–H and O–H groups in total. The van der Waals surface area contributed by atoms with Crippen LogP contribution in [0.15, 0.2) is 34.9 Å². The summed E-state index contributed by atoms with van der Waals surface area (Å²) in [6.07, 6.45) is 0.315. The van der Waals surface area contributed by atoms with Crippen molar-refractivity contribution < 1.29 is 14.1 Å². The SMILES string of the molecule is Cc1noc(C)c1CC(=O)N1CCN(CC(=O)Nc2ccccc2)CC1. The Morgan fingerprint density at radius 3 is 2.42 bits per heavy atom. The van der Waals surface area contributed by atoms with Crippen molar-refractivity contribution in [1.29, 1.82) is 0 Å². The van der Waals surface area contributed by atoms with Crippen molar-refractivity contribution in [3.05, 3.63) is 47.3 Å². The molecule has 1 aromatic carbocycles. The first-order valence-electron chi connectivity index (χ1n) is 8.79. The van der Waals surface area contributed by atoms with Gasteiger partial charge in [0, 0.05) is 37.4 Å². The molecule has 1 aromatic heterocycles. The standard InChI is InChI=1S/C19H24N4O3/c1-14-17(15(2)26-21-14)12-19(25)23-10-8-22(9-11-23)13-18(24)20-16-6-4-3-5-7-16/h3-7H,8-13H2,1-2H3,(H,20,24). The number of hydrogen-bond donors (Lipinski definition) is 1. The second-order valence-electron chi connectivity index (χ2n) is 6.55. The van der Waals surface area contributed by atoms with Crippen LogP contribution in [0.25, 0.3) is 0 Å². The van der Waals surface area contributed by atoms with Gasteiger partial charge in [-0.15, -0.1) is 0 Å². The monoisotopic (exact) mass is 356 g/mol. The fourth-order valence-electron chi connectivity index (χ4n) is 3.10. The summed E-state index contributed by atoms with van der Waals surface area (Å²) in [7, 11) is 0. The van der Waals surface area contributed by atoms with Gasteiger partial charge in [0.15, 0.2) is 0 Å². The van der Waals surface area contributed by atoms with Crippen LogP contribution in [0.4, 0.5) is 5.69 Å². The van der Waals surface area contributed by atoms with Gasteiger partial charge in [-0.2, -0.15) is 0 Å². The van der Waals surface area contributed by atoms with Gasteiger partial charge in [-0.3, -0.25) is 14.5 Å². The highest BCUT2D eigenvalue weighted by Crippen LogP contribution is 2.15. The predicted molar refractivity (Wildman–Crippen MR) is 97.8 cm³/mol. The molecule has 1 aliphatic rings. The lowest BCUT2D eigenvalue weighted by Crippen LogP contribution is -2.50. The lowest BCUT2D eigenvalue weighted by Gasteiger charge is -2.34. The van der Waals surface area contributed by atoms with Crippen molar-refractivity contribution in [3.63, 3.8) is 0 Å². The van der Waals surface area contributed by atoms with Crippen LogP contribution in [-0.2, 0) is 16.0 Å². The van der Waals surface area contributed by atoms with Crippen molar-refractivity contribution in [2.45, 2.75) is 20.3 Å². The number of carbonyl (C=O) groups is 2. The molecule has 0 aliphatic carbocycles. The molecule has 0 radical (unpaired) electrons. The van der Waals surface area contributed by atoms with Crippen molar-refractivity contribution in [2.75, 3.05) is 38.0 Å². The van der Waals surface area contributed by atoms with E-state index in [0.717, 1.165) is 16.9 Å². The molecule has 1 fully saturated rings. The second kappa shape index (κ2) is 8.14. The minimum Gasteiger partial charge on any atom is -0.361 e. The van der Waals surface area contributed by atoms with Crippen LogP contribution in [0, 0.1) is 13.8 Å². The Balaban J connectivity index is 1.45. The largest absolute Gasteiger partial charge is 0.361 e. The molecule has 2 heterocycles. The summed E-state index contributed by atoms with van der Waals surface area (Å²) in [5.41, 5.74) is 2.44. The molecule has 2 aromatic rings. The number of nitrogens with one attached hydrogen (secondary N) is 1. The van der Waals surface area contributed by atoms with E-state index in [1.807, 2.05) is 49.1 Å². The topological polar surface area (TPSA) is 78.7 Å². The van der Waals surface area contributed by atoms with Gasteiger partial charge < -0.3 is 14.7 Å². The number of amides is 2. The van der Waals surface area contributed by atoms with E-state index >= 15 is 0 Å². The number of aryl methyl sites for hydroxylation is 2. The zero-order valence-electron chi connectivity index (χ0n) is 15.2. The zero-order chi connectivity index (χ0) is 18.5. The molecular formula is C19H24N4O3. The smallest absolute Gasteiger partial charge is 0.238 e. The molecular weight excluding hydrogens is 332 g/mol. The molecule has 0 atom stereocenters. The van der Waals surface area contributed by atoms with Crippen LogP contribution < -0.4 is 5.32 Å². The average Bonchev–Trinajstić information content (AvgIpc) is 2.95. The normalized spacial score (nSPS) is 15.1. The minimum absolute atomic E-state index is 0.0355. The van der Waals surface area contributed by atoms with Crippen LogP contribution in [0.2, 0.25) is 0 Å². The van der Waals surface area contributed by atoms with Crippen molar-refractivity contribution in [2.24, 2.45) is 0 Å². The Bertz CT molecular complexity index is 745. The van der Waals surface area contributed by atoms with E-state index in [9.17, 15) is 9.59 Å². The van der Waals surface area contributed by atoms with Gasteiger partial charge in [0.1, 0.15) is 5.76 Å². The quantitative estimate of drug-likeness (QED) is 0.881. The van der Waals surface area contributed by atoms with E-state index in [2.05, 4.69) is 15.4 Å². The molecule has 7 heteroatoms. The number of nitrogens with zero attached hydrogens (tertiary/aromatic N) is 3. The van der Waals surface area contributed by atoms with Crippen LogP contribution in [-0.4, -0.2) is 59.5 Å². The number of hydrogen-bond acceptors (Lipinski definition) is 5. The molecule has 3 rings (SSSR count). The summed E-state index contributed by atoms with van der Waals surface area (Å²) in [4.78, 5) is 28.5. The highest BCUT2D eigenvalue weighted by molar-refractivity contribution is 5.92. The lowest BCUT2D eigenvalue weighted by molar-refractivity contribution is -0.132. The summed E-state index contributed by atoms with van der Waals surface area (Å²) >= 11 is 0. The van der Waals surface area contributed by atoms with Gasteiger partial charge in [0.2, 0.25) is 11.8 Å². The number of aromatic nitrogens is 1. The third-order valence-electron chi connectivity index (χ3n) is 4.66. The third kappa shape index (κ3) is 4.49. The van der Waals surface area contributed by atoms with Gasteiger partial charge in [-0.05, 0) is 26.0 Å². The van der Waals surface area contributed by atoms with Crippen LogP contribution >= 0.6 is 0 Å². The van der Waals surface area contributed by atoms with Crippen LogP contribution in [0.3, 0.4) is 0 Å². The van der Waals surface area contributed by atoms with E-state index < -0.39 is 0 Å². The average molecular weight is 356 g/mol. The Labute approximate surface area is 152 Å². The summed E-state index contributed by atoms with van der Waals surface area (Å²) < 4.78 is 5.12. The Kier molecular flexibility index (Phi) is 5.68. The van der Waals surface area contributed by atoms with E-state index in [1.54, 1.807) is 0 Å². The molecule has 0 unspecified atom stereocenters. The fraction of sp³-hybridized carbons (Fsp3) is 0.421. The Morgan fingerprint density at radius 1 is 1.12 bits per heavy atom. The number of benzene rings is 1. The summed E-state index contributed by atoms with van der Waals surface area (Å²) in [6.45, 7) is 6.64. The molecule has 0 bridgehead atoms. The number of anilines is 1. The van der Waals surface area contributed by atoms with Gasteiger partial charge >= 0.3 is 0 Å². The molecule has 1 aliphatic heterocycles. The summed E-state index contributed by atoms with van der Waals surface area (Å²) in [6, 6.07) is 9.42. The first-order valence-corrected chi connectivity index (χ1v) is 8.79. The molecule has 2 amide bonds. The maximum absolute atomic E-state index is 12.5. The third-order valence-corrected chi connectivity index (χ3v) is 4.66. The zero-order valence-corrected chi connectivity index (χ0v) is 15.2. The van der Waals surface area contributed by atoms with Gasteiger partial charge in [0.05, 0.1) is 18.7 Å². The maximum atomic E-state index is 12.5. The molecule has 138 valence electrons. The first kappa shape index (κ1) is 18.1. The summed E-state index contributed by atoms with van der Waals surface area (Å²) in [5.74, 6) is 0.742. The van der Waals surface area contributed by atoms with Gasteiger partial charge in [-0.25, -0.2) is 0 Å². The van der Waals surface area contributed by atoms with Crippen LogP contribution in [0.1, 0.15) is 17.0 Å². The molecule has 7 nitrogen and oxygen atoms in total. The molecule has 0 saturated carbocycles. The van der Waals surface area contributed by atoms with E-state index in [1.165, 1.54) is 0 Å². The maximum Gasteiger partial charge on any atom is 0.238 e. The Morgan fingerprint density at radius 2 is 1.81 bits per heavy atom. The lowest BCUT2D eigenvalue weighted by atomic mass is 10.1. The number of piperazine rings is 1. The second-order valence-corrected chi connectivity index (χ2v) is 6.55. The first-order chi connectivity index (χ1) is 12.5. The predicted octanol–water partition coefficient (Wildman–Crippen LogP) is 1.62. The summed E-state index contributed by atoms with van der Waals surface area (Å²) in [5, 5.41) is 6.78. The number of para-hydroxylation sites is 1. The molecule has 26 heavy (non-hydrogen) atoms. The fourth-order valence-corrected chi connectivity index (χ4v) is 3.10. The van der Waals surface area contributed by atoms with E-state index in [0.29, 0.717) is 44.9 Å². The number of carbonyl (C=O) groups excluding carboxylic acids is 2. The van der Waals surface area contributed by atoms with Crippen molar-refractivity contribution >= 4 is 17.5 Å². The number of rotatable bonds is 5. The van der Waals surface area contributed by atoms with Gasteiger partial charge in [0.25, 0.3) is 0 Å².